The summed E-state index contributed by atoms with van der Waals surface area (Å²) in [6.45, 7) is 3.99. The largest absolute Gasteiger partial charge is 0.491 e. The highest BCUT2D eigenvalue weighted by atomic mass is 79.9. The molecule has 0 saturated carbocycles. The van der Waals surface area contributed by atoms with Crippen molar-refractivity contribution in [3.63, 3.8) is 0 Å². The van der Waals surface area contributed by atoms with Crippen molar-refractivity contribution in [1.82, 2.24) is 4.98 Å². The van der Waals surface area contributed by atoms with E-state index in [4.69, 9.17) is 14.2 Å². The van der Waals surface area contributed by atoms with Gasteiger partial charge < -0.3 is 14.2 Å². The van der Waals surface area contributed by atoms with Crippen LogP contribution >= 0.6 is 27.3 Å². The Kier molecular flexibility index (Phi) is 5.37. The zero-order valence-corrected chi connectivity index (χ0v) is 15.6. The third-order valence-corrected chi connectivity index (χ3v) is 4.18. The van der Waals surface area contributed by atoms with E-state index >= 15 is 0 Å². The quantitative estimate of drug-likeness (QED) is 0.483. The van der Waals surface area contributed by atoms with E-state index in [1.54, 1.807) is 6.20 Å². The lowest BCUT2D eigenvalue weighted by molar-refractivity contribution is 0.242. The Labute approximate surface area is 153 Å². The Morgan fingerprint density at radius 2 is 1.46 bits per heavy atom. The maximum atomic E-state index is 5.75. The van der Waals surface area contributed by atoms with E-state index in [1.807, 2.05) is 62.4 Å². The Morgan fingerprint density at radius 3 is 2.12 bits per heavy atom. The fraction of sp³-hybridized carbons (Fsp3) is 0.167. The van der Waals surface area contributed by atoms with Crippen molar-refractivity contribution < 1.29 is 14.2 Å². The summed E-state index contributed by atoms with van der Waals surface area (Å²) in [5, 5.41) is 1.20. The second-order valence-electron chi connectivity index (χ2n) is 5.24. The first-order valence-electron chi connectivity index (χ1n) is 7.42. The molecule has 3 aromatic rings. The summed E-state index contributed by atoms with van der Waals surface area (Å²) in [6.07, 6.45) is 1.80. The van der Waals surface area contributed by atoms with Crippen LogP contribution in [0.1, 0.15) is 13.8 Å². The fourth-order valence-corrected chi connectivity index (χ4v) is 2.84. The van der Waals surface area contributed by atoms with Crippen molar-refractivity contribution in [3.05, 3.63) is 59.2 Å². The van der Waals surface area contributed by atoms with E-state index in [-0.39, 0.29) is 6.10 Å². The molecular formula is C18H16BrNO3S. The minimum absolute atomic E-state index is 0.147. The van der Waals surface area contributed by atoms with Gasteiger partial charge in [0.25, 0.3) is 5.19 Å². The average molecular weight is 406 g/mol. The monoisotopic (exact) mass is 405 g/mol. The Balaban J connectivity index is 1.62. The molecule has 0 aliphatic heterocycles. The normalized spacial score (nSPS) is 10.7. The molecule has 0 N–H and O–H groups in total. The molecule has 0 aliphatic rings. The zero-order chi connectivity index (χ0) is 16.9. The number of thiazole rings is 1. The Morgan fingerprint density at radius 1 is 0.875 bits per heavy atom. The molecule has 0 fully saturated rings. The van der Waals surface area contributed by atoms with Gasteiger partial charge in [-0.3, -0.25) is 0 Å². The van der Waals surface area contributed by atoms with Crippen LogP contribution in [0.25, 0.3) is 0 Å². The van der Waals surface area contributed by atoms with E-state index in [1.165, 1.54) is 11.3 Å². The van der Waals surface area contributed by atoms with Gasteiger partial charge in [0.15, 0.2) is 0 Å². The first-order chi connectivity index (χ1) is 11.6. The molecular weight excluding hydrogens is 390 g/mol. The molecule has 3 rings (SSSR count). The minimum Gasteiger partial charge on any atom is -0.491 e. The van der Waals surface area contributed by atoms with Gasteiger partial charge in [-0.1, -0.05) is 15.9 Å². The molecule has 0 spiro atoms. The van der Waals surface area contributed by atoms with Crippen LogP contribution in [0.5, 0.6) is 27.5 Å². The maximum Gasteiger partial charge on any atom is 0.282 e. The topological polar surface area (TPSA) is 40.6 Å². The molecule has 4 nitrogen and oxygen atoms in total. The van der Waals surface area contributed by atoms with Crippen molar-refractivity contribution in [2.24, 2.45) is 0 Å². The predicted molar refractivity (Wildman–Crippen MR) is 98.6 cm³/mol. The number of benzene rings is 2. The average Bonchev–Trinajstić information content (AvgIpc) is 2.98. The van der Waals surface area contributed by atoms with Crippen molar-refractivity contribution in [2.45, 2.75) is 20.0 Å². The van der Waals surface area contributed by atoms with Gasteiger partial charge in [-0.25, -0.2) is 4.98 Å². The van der Waals surface area contributed by atoms with Gasteiger partial charge in [0.1, 0.15) is 17.2 Å². The molecule has 1 aromatic heterocycles. The lowest BCUT2D eigenvalue weighted by Crippen LogP contribution is -2.05. The SMILES string of the molecule is CC(C)Oc1ccc(Oc2ncc(Oc3ccc(Br)cc3)s2)cc1. The summed E-state index contributed by atoms with van der Waals surface area (Å²) in [5.41, 5.74) is 0. The second kappa shape index (κ2) is 7.68. The number of rotatable bonds is 6. The second-order valence-corrected chi connectivity index (χ2v) is 7.11. The van der Waals surface area contributed by atoms with Crippen LogP contribution in [-0.4, -0.2) is 11.1 Å². The zero-order valence-electron chi connectivity index (χ0n) is 13.2. The first kappa shape index (κ1) is 16.8. The molecule has 0 aliphatic carbocycles. The van der Waals surface area contributed by atoms with Gasteiger partial charge >= 0.3 is 0 Å². The van der Waals surface area contributed by atoms with Crippen LogP contribution in [0.15, 0.2) is 59.2 Å². The van der Waals surface area contributed by atoms with Crippen molar-refractivity contribution >= 4 is 27.3 Å². The van der Waals surface area contributed by atoms with E-state index in [0.29, 0.717) is 16.0 Å². The van der Waals surface area contributed by atoms with Crippen LogP contribution in [-0.2, 0) is 0 Å². The van der Waals surface area contributed by atoms with Crippen LogP contribution in [0.2, 0.25) is 0 Å². The van der Waals surface area contributed by atoms with Gasteiger partial charge in [-0.15, -0.1) is 0 Å². The number of halogens is 1. The van der Waals surface area contributed by atoms with Crippen molar-refractivity contribution in [1.29, 1.82) is 0 Å². The highest BCUT2D eigenvalue weighted by Crippen LogP contribution is 2.34. The molecule has 6 heteroatoms. The van der Waals surface area contributed by atoms with Gasteiger partial charge in [-0.2, -0.15) is 0 Å². The summed E-state index contributed by atoms with van der Waals surface area (Å²) < 4.78 is 18.1. The smallest absolute Gasteiger partial charge is 0.282 e. The predicted octanol–water partition coefficient (Wildman–Crippen LogP) is 6.28. The van der Waals surface area contributed by atoms with Crippen LogP contribution in [0, 0.1) is 0 Å². The number of aromatic nitrogens is 1. The van der Waals surface area contributed by atoms with Crippen LogP contribution in [0.3, 0.4) is 0 Å². The minimum atomic E-state index is 0.147. The molecule has 24 heavy (non-hydrogen) atoms. The Bertz CT molecular complexity index is 785. The molecule has 0 saturated heterocycles. The molecule has 0 radical (unpaired) electrons. The first-order valence-corrected chi connectivity index (χ1v) is 9.03. The van der Waals surface area contributed by atoms with Crippen LogP contribution in [0.4, 0.5) is 0 Å². The third kappa shape index (κ3) is 4.72. The molecule has 1 heterocycles. The Hall–Kier alpha value is -2.05. The van der Waals surface area contributed by atoms with E-state index in [2.05, 4.69) is 20.9 Å². The van der Waals surface area contributed by atoms with Crippen LogP contribution < -0.4 is 14.2 Å². The highest BCUT2D eigenvalue weighted by molar-refractivity contribution is 9.10. The van der Waals surface area contributed by atoms with E-state index in [0.717, 1.165) is 16.0 Å². The summed E-state index contributed by atoms with van der Waals surface area (Å²) >= 11 is 4.74. The molecule has 124 valence electrons. The van der Waals surface area contributed by atoms with Gasteiger partial charge in [-0.05, 0) is 73.7 Å². The highest BCUT2D eigenvalue weighted by Gasteiger charge is 2.07. The number of ether oxygens (including phenoxy) is 3. The summed E-state index contributed by atoms with van der Waals surface area (Å²) in [6, 6.07) is 15.1. The van der Waals surface area contributed by atoms with Gasteiger partial charge in [0.2, 0.25) is 5.06 Å². The summed E-state index contributed by atoms with van der Waals surface area (Å²) in [7, 11) is 0. The maximum absolute atomic E-state index is 5.75. The van der Waals surface area contributed by atoms with Crippen molar-refractivity contribution in [3.8, 4) is 27.5 Å². The molecule has 0 atom stereocenters. The third-order valence-electron chi connectivity index (χ3n) is 2.90. The summed E-state index contributed by atoms with van der Waals surface area (Å²) in [5.74, 6) is 2.27. The van der Waals surface area contributed by atoms with Crippen molar-refractivity contribution in [2.75, 3.05) is 0 Å². The fourth-order valence-electron chi connectivity index (χ4n) is 1.92. The standard InChI is InChI=1S/C18H16BrNO3S/c1-12(2)21-14-7-9-16(10-8-14)23-18-20-11-17(24-18)22-15-5-3-13(19)4-6-15/h3-12H,1-2H3. The number of nitrogens with zero attached hydrogens (tertiary/aromatic N) is 1. The van der Waals surface area contributed by atoms with E-state index < -0.39 is 0 Å². The molecule has 2 aromatic carbocycles. The lowest BCUT2D eigenvalue weighted by atomic mass is 10.3. The number of hydrogen-bond donors (Lipinski definition) is 0. The lowest BCUT2D eigenvalue weighted by Gasteiger charge is -2.09. The molecule has 0 bridgehead atoms. The molecule has 0 unspecified atom stereocenters. The molecule has 0 amide bonds. The number of hydrogen-bond acceptors (Lipinski definition) is 5. The van der Waals surface area contributed by atoms with Gasteiger partial charge in [0, 0.05) is 4.47 Å². The summed E-state index contributed by atoms with van der Waals surface area (Å²) in [4.78, 5) is 4.23. The van der Waals surface area contributed by atoms with Gasteiger partial charge in [0.05, 0.1) is 12.3 Å². The van der Waals surface area contributed by atoms with E-state index in [9.17, 15) is 0 Å².